The number of nitriles is 2. The molecule has 0 unspecified atom stereocenters. The van der Waals surface area contributed by atoms with Crippen LogP contribution < -0.4 is 16.2 Å². The molecule has 48 heavy (non-hydrogen) atoms. The molecule has 1 saturated carbocycles. The van der Waals surface area contributed by atoms with Crippen molar-refractivity contribution in [3.05, 3.63) is 113 Å². The van der Waals surface area contributed by atoms with Crippen molar-refractivity contribution in [1.29, 1.82) is 10.5 Å². The first-order valence-electron chi connectivity index (χ1n) is 14.7. The first-order valence-corrected chi connectivity index (χ1v) is 16.3. The van der Waals surface area contributed by atoms with Crippen LogP contribution in [-0.4, -0.2) is 11.5 Å². The summed E-state index contributed by atoms with van der Waals surface area (Å²) in [6.45, 7) is 0. The van der Waals surface area contributed by atoms with Gasteiger partial charge in [0, 0.05) is 32.9 Å². The Morgan fingerprint density at radius 3 is 1.73 bits per heavy atom. The number of thiophene rings is 2. The second-order valence-corrected chi connectivity index (χ2v) is 13.9. The summed E-state index contributed by atoms with van der Waals surface area (Å²) in [4.78, 5) is 50.1. The Morgan fingerprint density at radius 2 is 1.19 bits per heavy atom. The van der Waals surface area contributed by atoms with Crippen LogP contribution in [0.4, 0.5) is 27.6 Å². The van der Waals surface area contributed by atoms with Crippen LogP contribution in [0.5, 0.6) is 0 Å². The number of rotatable bonds is 2. The number of fused-ring (bicyclic) bond motifs is 7. The fourth-order valence-corrected chi connectivity index (χ4v) is 9.59. The fraction of sp³-hybridized carbons (Fsp3) is 0.171. The average Bonchev–Trinajstić information content (AvgIpc) is 3.84. The van der Waals surface area contributed by atoms with E-state index in [9.17, 15) is 42.5 Å². The predicted octanol–water partition coefficient (Wildman–Crippen LogP) is 7.35. The van der Waals surface area contributed by atoms with Gasteiger partial charge in [-0.15, -0.1) is 22.7 Å². The highest BCUT2D eigenvalue weighted by Gasteiger charge is 2.47. The van der Waals surface area contributed by atoms with Crippen LogP contribution in [-0.2, 0) is 5.41 Å². The number of allylic oxidation sites excluding steroid dienone is 2. The van der Waals surface area contributed by atoms with Gasteiger partial charge in [0.15, 0.2) is 28.6 Å². The summed E-state index contributed by atoms with van der Waals surface area (Å²) in [5.41, 5.74) is -1.25. The SMILES string of the molecule is N#CC(C#N)=C1/C(=N/c2cc3c(s2)-c2sc(N=c4c(=O)c5cc(F)c(F)cc5c4=O)cc2C32CCCCC2)C(=O)c2cc(F)c(F)cc21. The Morgan fingerprint density at radius 1 is 0.688 bits per heavy atom. The molecule has 13 heteroatoms. The molecule has 8 rings (SSSR count). The second-order valence-electron chi connectivity index (χ2n) is 11.8. The number of hydrogen-bond acceptors (Lipinski definition) is 9. The van der Waals surface area contributed by atoms with Crippen molar-refractivity contribution in [2.45, 2.75) is 37.5 Å². The van der Waals surface area contributed by atoms with Gasteiger partial charge in [0.1, 0.15) is 33.4 Å². The van der Waals surface area contributed by atoms with Crippen LogP contribution in [0.15, 0.2) is 61.5 Å². The number of halogens is 4. The lowest BCUT2D eigenvalue weighted by atomic mass is 9.68. The number of hydrogen-bond donors (Lipinski definition) is 0. The lowest BCUT2D eigenvalue weighted by molar-refractivity contribution is 0.106. The van der Waals surface area contributed by atoms with E-state index in [1.165, 1.54) is 22.7 Å². The number of nitrogens with zero attached hydrogens (tertiary/aromatic N) is 4. The monoisotopic (exact) mass is 680 g/mol. The zero-order valence-electron chi connectivity index (χ0n) is 24.3. The molecule has 0 saturated heterocycles. The third kappa shape index (κ3) is 4.11. The summed E-state index contributed by atoms with van der Waals surface area (Å²) < 4.78 is 56.1. The van der Waals surface area contributed by atoms with E-state index in [-0.39, 0.29) is 33.2 Å². The van der Waals surface area contributed by atoms with Crippen molar-refractivity contribution in [2.75, 3.05) is 0 Å². The average molecular weight is 681 g/mol. The van der Waals surface area contributed by atoms with Gasteiger partial charge in [0.25, 0.3) is 0 Å². The summed E-state index contributed by atoms with van der Waals surface area (Å²) >= 11 is 2.50. The van der Waals surface area contributed by atoms with Crippen LogP contribution in [0.3, 0.4) is 0 Å². The Labute approximate surface area is 275 Å². The second kappa shape index (κ2) is 10.6. The lowest BCUT2D eigenvalue weighted by Gasteiger charge is -2.34. The molecule has 0 aliphatic heterocycles. The highest BCUT2D eigenvalue weighted by atomic mass is 32.1. The van der Waals surface area contributed by atoms with E-state index in [4.69, 9.17) is 0 Å². The van der Waals surface area contributed by atoms with Crippen LogP contribution in [0.1, 0.15) is 59.2 Å². The minimum absolute atomic E-state index is 0.0865. The number of Topliss-reactive ketones (excluding diaryl/α,β-unsaturated/α-hetero) is 1. The minimum atomic E-state index is -1.25. The van der Waals surface area contributed by atoms with E-state index < -0.39 is 56.3 Å². The summed E-state index contributed by atoms with van der Waals surface area (Å²) in [5.74, 6) is -5.71. The molecule has 7 nitrogen and oxygen atoms in total. The zero-order chi connectivity index (χ0) is 33.6. The van der Waals surface area contributed by atoms with E-state index in [0.717, 1.165) is 65.1 Å². The first-order chi connectivity index (χ1) is 23.1. The number of benzene rings is 2. The van der Waals surface area contributed by atoms with Gasteiger partial charge in [-0.1, -0.05) is 19.3 Å². The van der Waals surface area contributed by atoms with Crippen LogP contribution >= 0.6 is 22.7 Å². The maximum Gasteiger partial charge on any atom is 0.216 e. The van der Waals surface area contributed by atoms with E-state index >= 15 is 0 Å². The van der Waals surface area contributed by atoms with Crippen LogP contribution in [0.2, 0.25) is 0 Å². The first kappa shape index (κ1) is 30.0. The van der Waals surface area contributed by atoms with Crippen molar-refractivity contribution in [2.24, 2.45) is 9.98 Å². The molecule has 0 atom stereocenters. The van der Waals surface area contributed by atoms with Gasteiger partial charge in [0.05, 0.1) is 9.75 Å². The van der Waals surface area contributed by atoms with E-state index in [2.05, 4.69) is 9.98 Å². The van der Waals surface area contributed by atoms with Gasteiger partial charge in [-0.05, 0) is 60.4 Å². The fourth-order valence-electron chi connectivity index (χ4n) is 7.16. The maximum atomic E-state index is 14.2. The van der Waals surface area contributed by atoms with Crippen LogP contribution in [0, 0.1) is 45.9 Å². The Balaban J connectivity index is 1.29. The summed E-state index contributed by atoms with van der Waals surface area (Å²) in [6.07, 6.45) is 4.45. The van der Waals surface area contributed by atoms with E-state index in [0.29, 0.717) is 22.1 Å². The molecule has 0 radical (unpaired) electrons. The quantitative estimate of drug-likeness (QED) is 0.143. The highest BCUT2D eigenvalue weighted by Crippen LogP contribution is 2.62. The molecule has 5 aromatic rings. The number of aliphatic imine (C=N–C) groups is 1. The molecule has 3 aliphatic carbocycles. The third-order valence-corrected chi connectivity index (χ3v) is 11.5. The minimum Gasteiger partial charge on any atom is -0.287 e. The Kier molecular flexibility index (Phi) is 6.61. The van der Waals surface area contributed by atoms with Crippen molar-refractivity contribution in [3.63, 3.8) is 0 Å². The van der Waals surface area contributed by atoms with Gasteiger partial charge in [-0.2, -0.15) is 10.5 Å². The summed E-state index contributed by atoms with van der Waals surface area (Å²) in [6, 6.07) is 10.1. The zero-order valence-corrected chi connectivity index (χ0v) is 26.0. The molecular formula is C35H16F4N4O3S2. The predicted molar refractivity (Wildman–Crippen MR) is 171 cm³/mol. The van der Waals surface area contributed by atoms with Gasteiger partial charge in [-0.25, -0.2) is 27.5 Å². The molecule has 0 N–H and O–H groups in total. The largest absolute Gasteiger partial charge is 0.287 e. The molecular weight excluding hydrogens is 665 g/mol. The lowest BCUT2D eigenvalue weighted by Crippen LogP contribution is -2.31. The van der Waals surface area contributed by atoms with Crippen molar-refractivity contribution < 1.29 is 22.4 Å². The smallest absolute Gasteiger partial charge is 0.216 e. The Hall–Kier alpha value is -5.37. The third-order valence-electron chi connectivity index (χ3n) is 9.31. The van der Waals surface area contributed by atoms with Crippen molar-refractivity contribution in [3.8, 4) is 21.9 Å². The Bertz CT molecular complexity index is 2570. The molecule has 0 bridgehead atoms. The molecule has 0 amide bonds. The van der Waals surface area contributed by atoms with Gasteiger partial charge >= 0.3 is 0 Å². The van der Waals surface area contributed by atoms with Gasteiger partial charge in [0.2, 0.25) is 16.6 Å². The molecule has 3 aromatic carbocycles. The van der Waals surface area contributed by atoms with Crippen molar-refractivity contribution in [1.82, 2.24) is 0 Å². The van der Waals surface area contributed by atoms with E-state index in [1.54, 1.807) is 12.1 Å². The number of carbonyl (C=O) groups excluding carboxylic acids is 1. The van der Waals surface area contributed by atoms with Crippen LogP contribution in [0.25, 0.3) is 26.1 Å². The van der Waals surface area contributed by atoms with Crippen molar-refractivity contribution >= 4 is 60.5 Å². The highest BCUT2D eigenvalue weighted by molar-refractivity contribution is 7.26. The summed E-state index contributed by atoms with van der Waals surface area (Å²) in [5, 5.41) is 19.1. The maximum absolute atomic E-state index is 14.2. The molecule has 2 heterocycles. The number of carbonyl (C=O) groups is 1. The topological polar surface area (TPSA) is 124 Å². The molecule has 234 valence electrons. The summed E-state index contributed by atoms with van der Waals surface area (Å²) in [7, 11) is 0. The molecule has 1 spiro atoms. The molecule has 2 aromatic heterocycles. The standard InChI is InChI=1S/C35H16F4N4O3S2/c36-21-6-15-16(7-22(21)37)30(44)28(27(15)14(12-40)13-41)42-25-10-19-33(47-25)34-20(35(19)4-2-1-3-5-35)11-26(48-34)43-29-31(45)17-8-23(38)24(39)9-18(17)32(29)46/h6-11H,1-5H2/b42-28-. The normalized spacial score (nSPS) is 16.7. The molecule has 1 fully saturated rings. The molecule has 3 aliphatic rings. The number of ketones is 1. The van der Waals surface area contributed by atoms with Gasteiger partial charge in [-0.3, -0.25) is 14.4 Å². The van der Waals surface area contributed by atoms with E-state index in [1.807, 2.05) is 12.1 Å². The van der Waals surface area contributed by atoms with Gasteiger partial charge < -0.3 is 0 Å².